The summed E-state index contributed by atoms with van der Waals surface area (Å²) in [6, 6.07) is -0.272. The van der Waals surface area contributed by atoms with Crippen LogP contribution in [0.15, 0.2) is 0 Å². The third kappa shape index (κ3) is 3.95. The minimum Gasteiger partial charge on any atom is -0.326 e. The van der Waals surface area contributed by atoms with Gasteiger partial charge in [-0.1, -0.05) is 12.8 Å². The SMILES string of the molecule is NC1CCCCC1NCC(F)(F)F. The molecule has 1 aliphatic carbocycles. The predicted octanol–water partition coefficient (Wildman–Crippen LogP) is 1.41. The molecule has 0 aromatic carbocycles. The van der Waals surface area contributed by atoms with E-state index >= 15 is 0 Å². The van der Waals surface area contributed by atoms with Gasteiger partial charge in [-0.15, -0.1) is 0 Å². The topological polar surface area (TPSA) is 38.0 Å². The van der Waals surface area contributed by atoms with Gasteiger partial charge in [0.15, 0.2) is 0 Å². The molecule has 0 aromatic rings. The average molecular weight is 196 g/mol. The largest absolute Gasteiger partial charge is 0.401 e. The van der Waals surface area contributed by atoms with Crippen LogP contribution in [0.1, 0.15) is 25.7 Å². The van der Waals surface area contributed by atoms with Gasteiger partial charge in [0, 0.05) is 12.1 Å². The molecule has 0 saturated heterocycles. The molecule has 1 aliphatic rings. The van der Waals surface area contributed by atoms with Crippen LogP contribution in [0.25, 0.3) is 0 Å². The van der Waals surface area contributed by atoms with Crippen molar-refractivity contribution in [1.29, 1.82) is 0 Å². The van der Waals surface area contributed by atoms with E-state index in [2.05, 4.69) is 5.32 Å². The minimum absolute atomic E-state index is 0.115. The minimum atomic E-state index is -4.13. The Hall–Kier alpha value is -0.290. The van der Waals surface area contributed by atoms with Gasteiger partial charge in [0.2, 0.25) is 0 Å². The first-order valence-electron chi connectivity index (χ1n) is 4.55. The highest BCUT2D eigenvalue weighted by Crippen LogP contribution is 2.19. The van der Waals surface area contributed by atoms with Crippen molar-refractivity contribution in [1.82, 2.24) is 5.32 Å². The molecule has 0 radical (unpaired) electrons. The van der Waals surface area contributed by atoms with Gasteiger partial charge < -0.3 is 11.1 Å². The molecule has 5 heteroatoms. The Morgan fingerprint density at radius 2 is 1.85 bits per heavy atom. The summed E-state index contributed by atoms with van der Waals surface area (Å²) in [7, 11) is 0. The van der Waals surface area contributed by atoms with Crippen LogP contribution in [-0.2, 0) is 0 Å². The molecule has 0 aromatic heterocycles. The first kappa shape index (κ1) is 10.8. The summed E-state index contributed by atoms with van der Waals surface area (Å²) in [6.07, 6.45) is -0.529. The van der Waals surface area contributed by atoms with E-state index < -0.39 is 12.7 Å². The lowest BCUT2D eigenvalue weighted by molar-refractivity contribution is -0.126. The van der Waals surface area contributed by atoms with Crippen LogP contribution in [0.5, 0.6) is 0 Å². The van der Waals surface area contributed by atoms with E-state index in [4.69, 9.17) is 5.73 Å². The Morgan fingerprint density at radius 1 is 1.23 bits per heavy atom. The van der Waals surface area contributed by atoms with Crippen LogP contribution in [0.3, 0.4) is 0 Å². The average Bonchev–Trinajstić information content (AvgIpc) is 2.01. The van der Waals surface area contributed by atoms with Gasteiger partial charge in [-0.2, -0.15) is 13.2 Å². The number of halogens is 3. The first-order chi connectivity index (χ1) is 5.99. The smallest absolute Gasteiger partial charge is 0.326 e. The summed E-state index contributed by atoms with van der Waals surface area (Å²) in [5, 5.41) is 2.46. The summed E-state index contributed by atoms with van der Waals surface area (Å²) in [5.74, 6) is 0. The summed E-state index contributed by atoms with van der Waals surface area (Å²) in [5.41, 5.74) is 5.68. The van der Waals surface area contributed by atoms with Gasteiger partial charge in [-0.25, -0.2) is 0 Å². The number of alkyl halides is 3. The first-order valence-corrected chi connectivity index (χ1v) is 4.55. The molecule has 0 aliphatic heterocycles. The molecule has 0 spiro atoms. The van der Waals surface area contributed by atoms with Gasteiger partial charge in [-0.3, -0.25) is 0 Å². The van der Waals surface area contributed by atoms with Gasteiger partial charge in [0.05, 0.1) is 6.54 Å². The molecule has 78 valence electrons. The van der Waals surface area contributed by atoms with E-state index in [1.807, 2.05) is 0 Å². The van der Waals surface area contributed by atoms with Crippen LogP contribution in [0.2, 0.25) is 0 Å². The standard InChI is InChI=1S/C8H15F3N2/c9-8(10,11)5-13-7-4-2-1-3-6(7)12/h6-7,13H,1-5,12H2. The molecular weight excluding hydrogens is 181 g/mol. The van der Waals surface area contributed by atoms with Crippen molar-refractivity contribution in [3.05, 3.63) is 0 Å². The molecule has 1 fully saturated rings. The summed E-state index contributed by atoms with van der Waals surface area (Å²) < 4.78 is 35.5. The lowest BCUT2D eigenvalue weighted by Crippen LogP contribution is -2.49. The van der Waals surface area contributed by atoms with Crippen molar-refractivity contribution >= 4 is 0 Å². The Morgan fingerprint density at radius 3 is 2.38 bits per heavy atom. The van der Waals surface area contributed by atoms with Gasteiger partial charge in [-0.05, 0) is 12.8 Å². The van der Waals surface area contributed by atoms with Crippen molar-refractivity contribution < 1.29 is 13.2 Å². The van der Waals surface area contributed by atoms with E-state index in [0.29, 0.717) is 0 Å². The molecule has 2 unspecified atom stereocenters. The molecule has 13 heavy (non-hydrogen) atoms. The Kier molecular flexibility index (Phi) is 3.55. The highest BCUT2D eigenvalue weighted by Gasteiger charge is 2.30. The maximum atomic E-state index is 11.8. The molecule has 1 rings (SSSR count). The molecular formula is C8H15F3N2. The molecule has 0 amide bonds. The van der Waals surface area contributed by atoms with Crippen molar-refractivity contribution in [3.63, 3.8) is 0 Å². The molecule has 3 N–H and O–H groups in total. The Labute approximate surface area is 75.7 Å². The van der Waals surface area contributed by atoms with Crippen molar-refractivity contribution in [2.75, 3.05) is 6.54 Å². The summed E-state index contributed by atoms with van der Waals surface area (Å²) in [4.78, 5) is 0. The molecule has 0 bridgehead atoms. The molecule has 2 atom stereocenters. The fourth-order valence-corrected chi connectivity index (χ4v) is 1.66. The third-order valence-electron chi connectivity index (χ3n) is 2.38. The second-order valence-electron chi connectivity index (χ2n) is 3.55. The lowest BCUT2D eigenvalue weighted by atomic mass is 9.91. The van der Waals surface area contributed by atoms with Gasteiger partial charge in [0.1, 0.15) is 0 Å². The van der Waals surface area contributed by atoms with E-state index in [-0.39, 0.29) is 12.1 Å². The van der Waals surface area contributed by atoms with Crippen LogP contribution >= 0.6 is 0 Å². The Balaban J connectivity index is 2.27. The zero-order valence-electron chi connectivity index (χ0n) is 7.40. The number of hydrogen-bond donors (Lipinski definition) is 2. The van der Waals surface area contributed by atoms with Crippen LogP contribution in [0, 0.1) is 0 Å². The van der Waals surface area contributed by atoms with Crippen molar-refractivity contribution in [2.45, 2.75) is 43.9 Å². The van der Waals surface area contributed by atoms with E-state index in [1.165, 1.54) is 0 Å². The molecule has 2 nitrogen and oxygen atoms in total. The lowest BCUT2D eigenvalue weighted by Gasteiger charge is -2.29. The second-order valence-corrected chi connectivity index (χ2v) is 3.55. The fraction of sp³-hybridized carbons (Fsp3) is 1.00. The third-order valence-corrected chi connectivity index (χ3v) is 2.38. The molecule has 0 heterocycles. The number of nitrogens with one attached hydrogen (secondary N) is 1. The highest BCUT2D eigenvalue weighted by atomic mass is 19.4. The number of rotatable bonds is 2. The summed E-state index contributed by atoms with van der Waals surface area (Å²) >= 11 is 0. The summed E-state index contributed by atoms with van der Waals surface area (Å²) in [6.45, 7) is -0.925. The zero-order valence-corrected chi connectivity index (χ0v) is 7.40. The maximum Gasteiger partial charge on any atom is 0.401 e. The van der Waals surface area contributed by atoms with Crippen LogP contribution in [0.4, 0.5) is 13.2 Å². The van der Waals surface area contributed by atoms with Crippen LogP contribution < -0.4 is 11.1 Å². The van der Waals surface area contributed by atoms with E-state index in [9.17, 15) is 13.2 Å². The molecule has 1 saturated carbocycles. The van der Waals surface area contributed by atoms with Crippen molar-refractivity contribution in [2.24, 2.45) is 5.73 Å². The highest BCUT2D eigenvalue weighted by molar-refractivity contribution is 4.84. The zero-order chi connectivity index (χ0) is 9.90. The number of nitrogens with two attached hydrogens (primary N) is 1. The van der Waals surface area contributed by atoms with Crippen molar-refractivity contribution in [3.8, 4) is 0 Å². The Bertz CT molecular complexity index is 158. The van der Waals surface area contributed by atoms with Gasteiger partial charge in [0.25, 0.3) is 0 Å². The van der Waals surface area contributed by atoms with E-state index in [1.54, 1.807) is 0 Å². The number of hydrogen-bond acceptors (Lipinski definition) is 2. The maximum absolute atomic E-state index is 11.8. The monoisotopic (exact) mass is 196 g/mol. The predicted molar refractivity (Wildman–Crippen MR) is 44.3 cm³/mol. The second kappa shape index (κ2) is 4.28. The fourth-order valence-electron chi connectivity index (χ4n) is 1.66. The van der Waals surface area contributed by atoms with Crippen LogP contribution in [-0.4, -0.2) is 24.8 Å². The van der Waals surface area contributed by atoms with E-state index in [0.717, 1.165) is 25.7 Å². The van der Waals surface area contributed by atoms with Gasteiger partial charge >= 0.3 is 6.18 Å². The quantitative estimate of drug-likeness (QED) is 0.700. The normalized spacial score (nSPS) is 30.5.